The molecule has 3 rings (SSSR count). The minimum atomic E-state index is -0.590. The van der Waals surface area contributed by atoms with Crippen molar-refractivity contribution in [1.82, 2.24) is 10.6 Å². The fourth-order valence-electron chi connectivity index (χ4n) is 2.96. The monoisotopic (exact) mass is 410 g/mol. The van der Waals surface area contributed by atoms with Gasteiger partial charge in [-0.05, 0) is 41.6 Å². The lowest BCUT2D eigenvalue weighted by Crippen LogP contribution is -2.40. The molecule has 0 radical (unpaired) electrons. The summed E-state index contributed by atoms with van der Waals surface area (Å²) in [6.45, 7) is 2.59. The van der Waals surface area contributed by atoms with E-state index in [9.17, 15) is 9.90 Å². The molecule has 0 saturated heterocycles. The molecule has 4 N–H and O–H groups in total. The summed E-state index contributed by atoms with van der Waals surface area (Å²) in [5.74, 6) is 0.576. The first kappa shape index (κ1) is 20.8. The van der Waals surface area contributed by atoms with Crippen LogP contribution in [0.3, 0.4) is 0 Å². The van der Waals surface area contributed by atoms with Gasteiger partial charge in [0.25, 0.3) is 0 Å². The molecule has 3 aromatic rings. The Morgan fingerprint density at radius 3 is 2.59 bits per heavy atom. The summed E-state index contributed by atoms with van der Waals surface area (Å²) in [5, 5.41) is 20.8. The predicted octanol–water partition coefficient (Wildman–Crippen LogP) is 3.30. The Morgan fingerprint density at radius 2 is 1.90 bits per heavy atom. The van der Waals surface area contributed by atoms with Crippen LogP contribution < -0.4 is 16.0 Å². The second-order valence-corrected chi connectivity index (χ2v) is 7.83. The quantitative estimate of drug-likeness (QED) is 0.356. The molecule has 1 amide bonds. The molecular weight excluding hydrogens is 384 g/mol. The zero-order valence-corrected chi connectivity index (χ0v) is 17.4. The third-order valence-electron chi connectivity index (χ3n) is 4.44. The Hall–Kier alpha value is -2.90. The largest absolute Gasteiger partial charge is 0.386 e. The fourth-order valence-corrected chi connectivity index (χ4v) is 4.02. The number of aliphatic hydroxyl groups is 1. The lowest BCUT2D eigenvalue weighted by Gasteiger charge is -2.14. The van der Waals surface area contributed by atoms with E-state index in [1.54, 1.807) is 18.4 Å². The molecule has 152 valence electrons. The SMILES string of the molecule is CN=C(NCCc1ccc(NC(C)=O)cc1)NCC(O)c1cc2ccccc2s1. The number of amides is 1. The van der Waals surface area contributed by atoms with Gasteiger partial charge < -0.3 is 21.1 Å². The molecule has 1 aromatic heterocycles. The summed E-state index contributed by atoms with van der Waals surface area (Å²) in [7, 11) is 1.71. The van der Waals surface area contributed by atoms with Gasteiger partial charge in [-0.15, -0.1) is 11.3 Å². The van der Waals surface area contributed by atoms with Crippen LogP contribution in [0.5, 0.6) is 0 Å². The van der Waals surface area contributed by atoms with Gasteiger partial charge in [0.15, 0.2) is 5.96 Å². The van der Waals surface area contributed by atoms with Gasteiger partial charge in [0.1, 0.15) is 6.10 Å². The van der Waals surface area contributed by atoms with Gasteiger partial charge in [0.2, 0.25) is 5.91 Å². The zero-order valence-electron chi connectivity index (χ0n) is 16.6. The minimum Gasteiger partial charge on any atom is -0.386 e. The Labute approximate surface area is 174 Å². The second-order valence-electron chi connectivity index (χ2n) is 6.71. The predicted molar refractivity (Wildman–Crippen MR) is 121 cm³/mol. The Morgan fingerprint density at radius 1 is 1.14 bits per heavy atom. The van der Waals surface area contributed by atoms with E-state index in [1.807, 2.05) is 42.5 Å². The van der Waals surface area contributed by atoms with Gasteiger partial charge in [-0.25, -0.2) is 0 Å². The average Bonchev–Trinajstić information content (AvgIpc) is 3.15. The molecule has 0 spiro atoms. The number of fused-ring (bicyclic) bond motifs is 1. The summed E-state index contributed by atoms with van der Waals surface area (Å²) >= 11 is 1.61. The van der Waals surface area contributed by atoms with Gasteiger partial charge in [-0.3, -0.25) is 9.79 Å². The van der Waals surface area contributed by atoms with Crippen LogP contribution in [0.2, 0.25) is 0 Å². The van der Waals surface area contributed by atoms with E-state index in [0.717, 1.165) is 27.9 Å². The number of aliphatic imine (C=N–C) groups is 1. The number of carbonyl (C=O) groups excluding carboxylic acids is 1. The number of guanidine groups is 1. The van der Waals surface area contributed by atoms with Crippen molar-refractivity contribution >= 4 is 39.0 Å². The molecule has 0 fully saturated rings. The summed E-state index contributed by atoms with van der Waals surface area (Å²) in [4.78, 5) is 16.2. The number of anilines is 1. The molecule has 1 unspecified atom stereocenters. The number of nitrogens with one attached hydrogen (secondary N) is 3. The maximum Gasteiger partial charge on any atom is 0.221 e. The van der Waals surface area contributed by atoms with Gasteiger partial charge >= 0.3 is 0 Å². The van der Waals surface area contributed by atoms with Crippen molar-refractivity contribution < 1.29 is 9.90 Å². The third kappa shape index (κ3) is 6.04. The lowest BCUT2D eigenvalue weighted by molar-refractivity contribution is -0.114. The van der Waals surface area contributed by atoms with E-state index in [0.29, 0.717) is 19.0 Å². The fraction of sp³-hybridized carbons (Fsp3) is 0.273. The van der Waals surface area contributed by atoms with Crippen LogP contribution in [0.4, 0.5) is 5.69 Å². The van der Waals surface area contributed by atoms with Crippen molar-refractivity contribution in [3.05, 3.63) is 65.0 Å². The molecule has 6 nitrogen and oxygen atoms in total. The summed E-state index contributed by atoms with van der Waals surface area (Å²) in [6, 6.07) is 17.9. The summed E-state index contributed by atoms with van der Waals surface area (Å²) < 4.78 is 1.17. The zero-order chi connectivity index (χ0) is 20.6. The van der Waals surface area contributed by atoms with Crippen LogP contribution in [0, 0.1) is 0 Å². The van der Waals surface area contributed by atoms with Crippen molar-refractivity contribution in [2.75, 3.05) is 25.5 Å². The topological polar surface area (TPSA) is 85.8 Å². The van der Waals surface area contributed by atoms with Gasteiger partial charge in [-0.2, -0.15) is 0 Å². The Kier molecular flexibility index (Phi) is 7.21. The molecule has 1 atom stereocenters. The van der Waals surface area contributed by atoms with E-state index < -0.39 is 6.10 Å². The van der Waals surface area contributed by atoms with E-state index in [-0.39, 0.29) is 5.91 Å². The highest BCUT2D eigenvalue weighted by molar-refractivity contribution is 7.19. The number of hydrogen-bond acceptors (Lipinski definition) is 4. The van der Waals surface area contributed by atoms with Crippen molar-refractivity contribution in [3.63, 3.8) is 0 Å². The smallest absolute Gasteiger partial charge is 0.221 e. The maximum atomic E-state index is 11.1. The number of aliphatic hydroxyl groups excluding tert-OH is 1. The Balaban J connectivity index is 1.45. The van der Waals surface area contributed by atoms with E-state index >= 15 is 0 Å². The highest BCUT2D eigenvalue weighted by atomic mass is 32.1. The second kappa shape index (κ2) is 10.0. The molecule has 7 heteroatoms. The van der Waals surface area contributed by atoms with E-state index in [1.165, 1.54) is 11.6 Å². The van der Waals surface area contributed by atoms with Crippen LogP contribution in [0.1, 0.15) is 23.5 Å². The van der Waals surface area contributed by atoms with Crippen molar-refractivity contribution in [2.24, 2.45) is 4.99 Å². The number of carbonyl (C=O) groups is 1. The van der Waals surface area contributed by atoms with Gasteiger partial charge in [0.05, 0.1) is 0 Å². The molecule has 2 aromatic carbocycles. The minimum absolute atomic E-state index is 0.0767. The van der Waals surface area contributed by atoms with Crippen molar-refractivity contribution in [1.29, 1.82) is 0 Å². The van der Waals surface area contributed by atoms with Crippen LogP contribution in [-0.2, 0) is 11.2 Å². The van der Waals surface area contributed by atoms with Crippen LogP contribution in [-0.4, -0.2) is 37.1 Å². The first-order valence-corrected chi connectivity index (χ1v) is 10.3. The molecule has 0 aliphatic carbocycles. The molecule has 1 heterocycles. The lowest BCUT2D eigenvalue weighted by atomic mass is 10.1. The number of benzene rings is 2. The maximum absolute atomic E-state index is 11.1. The van der Waals surface area contributed by atoms with Gasteiger partial charge in [0, 0.05) is 42.3 Å². The molecule has 0 aliphatic rings. The molecular formula is C22H26N4O2S. The normalized spacial score (nSPS) is 12.6. The number of nitrogens with zero attached hydrogens (tertiary/aromatic N) is 1. The van der Waals surface area contributed by atoms with Crippen LogP contribution in [0.25, 0.3) is 10.1 Å². The Bertz CT molecular complexity index is 949. The number of thiophene rings is 1. The molecule has 0 aliphatic heterocycles. The van der Waals surface area contributed by atoms with Crippen molar-refractivity contribution in [2.45, 2.75) is 19.4 Å². The summed E-state index contributed by atoms with van der Waals surface area (Å²) in [5.41, 5.74) is 1.95. The molecule has 0 bridgehead atoms. The first-order valence-electron chi connectivity index (χ1n) is 9.53. The highest BCUT2D eigenvalue weighted by Gasteiger charge is 2.12. The first-order chi connectivity index (χ1) is 14.0. The molecule has 0 saturated carbocycles. The van der Waals surface area contributed by atoms with Gasteiger partial charge in [-0.1, -0.05) is 30.3 Å². The number of rotatable bonds is 7. The van der Waals surface area contributed by atoms with E-state index in [2.05, 4.69) is 33.1 Å². The average molecular weight is 411 g/mol. The van der Waals surface area contributed by atoms with Crippen LogP contribution >= 0.6 is 11.3 Å². The standard InChI is InChI=1S/C22H26N4O2S/c1-15(27)26-18-9-7-16(8-10-18)11-12-24-22(23-2)25-14-19(28)21-13-17-5-3-4-6-20(17)29-21/h3-10,13,19,28H,11-12,14H2,1-2H3,(H,26,27)(H2,23,24,25). The van der Waals surface area contributed by atoms with E-state index in [4.69, 9.17) is 0 Å². The summed E-state index contributed by atoms with van der Waals surface area (Å²) in [6.07, 6.45) is 0.229. The molecule has 29 heavy (non-hydrogen) atoms. The van der Waals surface area contributed by atoms with Crippen LogP contribution in [0.15, 0.2) is 59.6 Å². The van der Waals surface area contributed by atoms with Crippen molar-refractivity contribution in [3.8, 4) is 0 Å². The highest BCUT2D eigenvalue weighted by Crippen LogP contribution is 2.29. The third-order valence-corrected chi connectivity index (χ3v) is 5.66. The number of hydrogen-bond donors (Lipinski definition) is 4.